The Morgan fingerprint density at radius 2 is 1.66 bits per heavy atom. The van der Waals surface area contributed by atoms with Crippen molar-refractivity contribution in [2.75, 3.05) is 13.7 Å². The lowest BCUT2D eigenvalue weighted by molar-refractivity contribution is -0.126. The number of rotatable bonds is 7. The summed E-state index contributed by atoms with van der Waals surface area (Å²) in [4.78, 5) is 12.0. The van der Waals surface area contributed by atoms with E-state index in [1.54, 1.807) is 24.3 Å². The highest BCUT2D eigenvalue weighted by Gasteiger charge is 2.60. The van der Waals surface area contributed by atoms with Crippen molar-refractivity contribution in [3.8, 4) is 5.75 Å². The molecule has 0 spiro atoms. The van der Waals surface area contributed by atoms with Crippen molar-refractivity contribution < 1.29 is 9.53 Å². The van der Waals surface area contributed by atoms with Crippen LogP contribution in [0, 0.1) is 5.92 Å². The second-order valence-corrected chi connectivity index (χ2v) is 10.1. The van der Waals surface area contributed by atoms with Gasteiger partial charge in [-0.3, -0.25) is 4.79 Å². The number of allylic oxidation sites excluding steroid dienone is 1. The van der Waals surface area contributed by atoms with Crippen molar-refractivity contribution in [2.24, 2.45) is 5.92 Å². The summed E-state index contributed by atoms with van der Waals surface area (Å²) in [5.41, 5.74) is 1.66. The van der Waals surface area contributed by atoms with Gasteiger partial charge in [0.1, 0.15) is 5.75 Å². The van der Waals surface area contributed by atoms with E-state index in [9.17, 15) is 4.79 Å². The lowest BCUT2D eigenvalue weighted by Gasteiger charge is -2.47. The average molecular weight is 473 g/mol. The molecule has 2 N–H and O–H groups in total. The first-order valence-electron chi connectivity index (χ1n) is 11.1. The zero-order valence-corrected chi connectivity index (χ0v) is 19.9. The third-order valence-corrected chi connectivity index (χ3v) is 7.50. The minimum atomic E-state index is -0.0495. The van der Waals surface area contributed by atoms with E-state index in [-0.39, 0.29) is 23.6 Å². The summed E-state index contributed by atoms with van der Waals surface area (Å²) in [6.45, 7) is 3.84. The second kappa shape index (κ2) is 9.46. The molecular formula is C26H30Cl2N2O2. The van der Waals surface area contributed by atoms with Gasteiger partial charge >= 0.3 is 0 Å². The largest absolute Gasteiger partial charge is 0.484 e. The molecule has 170 valence electrons. The van der Waals surface area contributed by atoms with Crippen molar-refractivity contribution >= 4 is 29.1 Å². The third kappa shape index (κ3) is 5.31. The van der Waals surface area contributed by atoms with Crippen molar-refractivity contribution in [3.05, 3.63) is 76.8 Å². The van der Waals surface area contributed by atoms with Gasteiger partial charge in [-0.05, 0) is 92.9 Å². The standard InChI is InChI=1S/C15H19ClN2O2.C11H11Cl/c1-17-14-6-7-15(9-14,10-14)18-13(19)8-20-12-4-2-11(16)3-5-12;1-2-8-7-11(8)9-3-5-10(12)6-4-9/h2-5,17H,6-10H2,1H3,(H,18,19);2-6,8,11H,1,7H2. The predicted octanol–water partition coefficient (Wildman–Crippen LogP) is 5.75. The molecule has 6 heteroatoms. The van der Waals surface area contributed by atoms with Crippen LogP contribution in [-0.4, -0.2) is 30.6 Å². The van der Waals surface area contributed by atoms with E-state index in [1.807, 2.05) is 25.3 Å². The molecule has 2 atom stereocenters. The lowest BCUT2D eigenvalue weighted by Crippen LogP contribution is -2.63. The van der Waals surface area contributed by atoms with Crippen LogP contribution in [-0.2, 0) is 4.79 Å². The van der Waals surface area contributed by atoms with Crippen LogP contribution >= 0.6 is 23.2 Å². The molecule has 1 amide bonds. The molecule has 32 heavy (non-hydrogen) atoms. The van der Waals surface area contributed by atoms with E-state index in [1.165, 1.54) is 12.0 Å². The Morgan fingerprint density at radius 1 is 1.06 bits per heavy atom. The van der Waals surface area contributed by atoms with E-state index in [0.29, 0.717) is 22.6 Å². The summed E-state index contributed by atoms with van der Waals surface area (Å²) in [7, 11) is 2.00. The van der Waals surface area contributed by atoms with Crippen LogP contribution in [0.25, 0.3) is 0 Å². The van der Waals surface area contributed by atoms with E-state index in [4.69, 9.17) is 27.9 Å². The molecule has 4 aliphatic carbocycles. The quantitative estimate of drug-likeness (QED) is 0.504. The summed E-state index contributed by atoms with van der Waals surface area (Å²) >= 11 is 11.6. The monoisotopic (exact) mass is 472 g/mol. The van der Waals surface area contributed by atoms with Gasteiger partial charge in [0.05, 0.1) is 0 Å². The molecule has 4 nitrogen and oxygen atoms in total. The van der Waals surface area contributed by atoms with Gasteiger partial charge in [-0.15, -0.1) is 6.58 Å². The van der Waals surface area contributed by atoms with Gasteiger partial charge in [-0.25, -0.2) is 0 Å². The fourth-order valence-corrected chi connectivity index (χ4v) is 5.36. The van der Waals surface area contributed by atoms with Crippen LogP contribution in [0.15, 0.2) is 61.2 Å². The van der Waals surface area contributed by atoms with Crippen LogP contribution in [0.3, 0.4) is 0 Å². The first-order valence-corrected chi connectivity index (χ1v) is 11.9. The first-order chi connectivity index (χ1) is 15.4. The summed E-state index contributed by atoms with van der Waals surface area (Å²) < 4.78 is 5.46. The van der Waals surface area contributed by atoms with Gasteiger partial charge in [-0.2, -0.15) is 0 Å². The molecule has 0 saturated heterocycles. The molecule has 0 heterocycles. The number of carbonyl (C=O) groups is 1. The number of nitrogens with one attached hydrogen (secondary N) is 2. The minimum Gasteiger partial charge on any atom is -0.484 e. The number of halogens is 2. The Hall–Kier alpha value is -2.01. The van der Waals surface area contributed by atoms with Crippen molar-refractivity contribution in [1.82, 2.24) is 10.6 Å². The van der Waals surface area contributed by atoms with Crippen LogP contribution in [0.4, 0.5) is 0 Å². The van der Waals surface area contributed by atoms with Crippen molar-refractivity contribution in [1.29, 1.82) is 0 Å². The van der Waals surface area contributed by atoms with Gasteiger partial charge < -0.3 is 15.4 Å². The highest BCUT2D eigenvalue weighted by atomic mass is 35.5. The predicted molar refractivity (Wildman–Crippen MR) is 131 cm³/mol. The molecule has 2 unspecified atom stereocenters. The van der Waals surface area contributed by atoms with Gasteiger partial charge in [0.15, 0.2) is 6.61 Å². The smallest absolute Gasteiger partial charge is 0.258 e. The molecule has 0 aliphatic heterocycles. The summed E-state index contributed by atoms with van der Waals surface area (Å²) in [5, 5.41) is 7.98. The number of carbonyl (C=O) groups excluding carboxylic acids is 1. The maximum atomic E-state index is 12.0. The molecular weight excluding hydrogens is 443 g/mol. The van der Waals surface area contributed by atoms with Gasteiger partial charge in [0.2, 0.25) is 0 Å². The Labute approximate surface area is 200 Å². The SMILES string of the molecule is C=CC1CC1c1ccc(Cl)cc1.CNC12CCC(NC(=O)COc3ccc(Cl)cc3)(C1)C2. The Morgan fingerprint density at radius 3 is 2.19 bits per heavy atom. The fourth-order valence-electron chi connectivity index (χ4n) is 5.11. The first kappa shape index (κ1) is 23.2. The normalized spacial score (nSPS) is 29.2. The summed E-state index contributed by atoms with van der Waals surface area (Å²) in [6.07, 6.45) is 7.55. The third-order valence-electron chi connectivity index (χ3n) is 6.99. The Balaban J connectivity index is 0.000000174. The number of ether oxygens (including phenoxy) is 1. The number of hydrogen-bond acceptors (Lipinski definition) is 3. The maximum Gasteiger partial charge on any atom is 0.258 e. The lowest BCUT2D eigenvalue weighted by atomic mass is 9.71. The van der Waals surface area contributed by atoms with E-state index < -0.39 is 0 Å². The molecule has 6 rings (SSSR count). The molecule has 4 saturated carbocycles. The zero-order chi connectivity index (χ0) is 22.8. The second-order valence-electron chi connectivity index (χ2n) is 9.25. The van der Waals surface area contributed by atoms with Gasteiger partial charge in [0, 0.05) is 21.1 Å². The highest BCUT2D eigenvalue weighted by molar-refractivity contribution is 6.30. The molecule has 2 bridgehead atoms. The van der Waals surface area contributed by atoms with Crippen LogP contribution in [0.5, 0.6) is 5.75 Å². The van der Waals surface area contributed by atoms with Crippen LogP contribution in [0.2, 0.25) is 10.0 Å². The number of hydrogen-bond donors (Lipinski definition) is 2. The number of amides is 1. The molecule has 2 aromatic carbocycles. The Bertz CT molecular complexity index is 953. The molecule has 0 aromatic heterocycles. The topological polar surface area (TPSA) is 50.4 Å². The minimum absolute atomic E-state index is 0.00342. The highest BCUT2D eigenvalue weighted by Crippen LogP contribution is 2.54. The van der Waals surface area contributed by atoms with Crippen molar-refractivity contribution in [3.63, 3.8) is 0 Å². The van der Waals surface area contributed by atoms with Gasteiger partial charge in [0.25, 0.3) is 5.91 Å². The molecule has 4 fully saturated rings. The molecule has 4 aliphatic rings. The zero-order valence-electron chi connectivity index (χ0n) is 18.4. The average Bonchev–Trinajstić information content (AvgIpc) is 3.37. The summed E-state index contributed by atoms with van der Waals surface area (Å²) in [6, 6.07) is 15.1. The number of benzene rings is 2. The van der Waals surface area contributed by atoms with Crippen LogP contribution < -0.4 is 15.4 Å². The molecule has 2 aromatic rings. The Kier molecular flexibility index (Phi) is 6.85. The van der Waals surface area contributed by atoms with E-state index >= 15 is 0 Å². The fraction of sp³-hybridized carbons (Fsp3) is 0.423. The maximum absolute atomic E-state index is 12.0. The molecule has 0 radical (unpaired) electrons. The van der Waals surface area contributed by atoms with Crippen molar-refractivity contribution in [2.45, 2.75) is 49.1 Å². The van der Waals surface area contributed by atoms with E-state index in [0.717, 1.165) is 30.7 Å². The van der Waals surface area contributed by atoms with E-state index in [2.05, 4.69) is 29.3 Å². The van der Waals surface area contributed by atoms with Crippen LogP contribution in [0.1, 0.15) is 43.6 Å². The van der Waals surface area contributed by atoms with Gasteiger partial charge in [-0.1, -0.05) is 41.4 Å². The number of fused-ring (bicyclic) bond motifs is 1. The summed E-state index contributed by atoms with van der Waals surface area (Å²) in [5.74, 6) is 2.02.